The second-order valence-corrected chi connectivity index (χ2v) is 7.74. The summed E-state index contributed by atoms with van der Waals surface area (Å²) in [4.78, 5) is 20.3. The first kappa shape index (κ1) is 17.4. The van der Waals surface area contributed by atoms with E-state index in [1.165, 1.54) is 42.4 Å². The third-order valence-corrected chi connectivity index (χ3v) is 4.86. The van der Waals surface area contributed by atoms with Crippen molar-refractivity contribution in [2.45, 2.75) is 29.0 Å². The largest absolute Gasteiger partial charge is 0.325 e. The molecule has 0 bridgehead atoms. The number of nitrogens with one attached hydrogen (secondary N) is 1. The van der Waals surface area contributed by atoms with Crippen molar-refractivity contribution in [3.05, 3.63) is 42.4 Å². The molecule has 0 aliphatic rings. The van der Waals surface area contributed by atoms with Crippen molar-refractivity contribution < 1.29 is 13.2 Å². The third kappa shape index (κ3) is 5.02. The molecule has 1 unspecified atom stereocenters. The molecule has 9 heteroatoms. The number of aromatic nitrogens is 2. The summed E-state index contributed by atoms with van der Waals surface area (Å²) >= 11 is 1.31. The van der Waals surface area contributed by atoms with Crippen molar-refractivity contribution in [3.63, 3.8) is 0 Å². The number of aryl methyl sites for hydroxylation is 1. The van der Waals surface area contributed by atoms with Crippen LogP contribution in [0.25, 0.3) is 0 Å². The fourth-order valence-electron chi connectivity index (χ4n) is 1.70. The fraction of sp³-hybridized carbons (Fsp3) is 0.214. The number of benzene rings is 1. The predicted octanol–water partition coefficient (Wildman–Crippen LogP) is 1.55. The first-order valence-corrected chi connectivity index (χ1v) is 9.07. The van der Waals surface area contributed by atoms with Gasteiger partial charge in [0.15, 0.2) is 0 Å². The molecule has 0 saturated carbocycles. The summed E-state index contributed by atoms with van der Waals surface area (Å²) in [5.41, 5.74) is 1.32. The van der Waals surface area contributed by atoms with Crippen LogP contribution in [0.1, 0.15) is 12.6 Å². The molecule has 1 aromatic heterocycles. The van der Waals surface area contributed by atoms with Gasteiger partial charge in [-0.15, -0.1) is 0 Å². The van der Waals surface area contributed by atoms with E-state index in [2.05, 4.69) is 15.3 Å². The molecule has 7 nitrogen and oxygen atoms in total. The molecule has 1 amide bonds. The number of carbonyl (C=O) groups excluding carboxylic acids is 1. The Labute approximate surface area is 138 Å². The maximum Gasteiger partial charge on any atom is 0.238 e. The number of primary sulfonamides is 1. The Bertz CT molecular complexity index is 807. The van der Waals surface area contributed by atoms with Crippen molar-refractivity contribution >= 4 is 33.4 Å². The minimum Gasteiger partial charge on any atom is -0.325 e. The maximum atomic E-state index is 12.2. The van der Waals surface area contributed by atoms with E-state index in [1.54, 1.807) is 13.0 Å². The van der Waals surface area contributed by atoms with Gasteiger partial charge in [-0.3, -0.25) is 4.79 Å². The number of thioether (sulfide) groups is 1. The van der Waals surface area contributed by atoms with Crippen LogP contribution in [0.2, 0.25) is 0 Å². The van der Waals surface area contributed by atoms with Gasteiger partial charge >= 0.3 is 0 Å². The van der Waals surface area contributed by atoms with E-state index in [1.807, 2.05) is 6.92 Å². The van der Waals surface area contributed by atoms with Gasteiger partial charge in [-0.2, -0.15) is 0 Å². The lowest BCUT2D eigenvalue weighted by Gasteiger charge is -2.12. The van der Waals surface area contributed by atoms with Crippen LogP contribution < -0.4 is 10.5 Å². The number of rotatable bonds is 5. The molecule has 1 heterocycles. The fourth-order valence-corrected chi connectivity index (χ4v) is 3.09. The monoisotopic (exact) mass is 352 g/mol. The van der Waals surface area contributed by atoms with E-state index in [4.69, 9.17) is 5.14 Å². The van der Waals surface area contributed by atoms with Crippen LogP contribution in [0.5, 0.6) is 0 Å². The van der Waals surface area contributed by atoms with E-state index in [-0.39, 0.29) is 16.1 Å². The van der Waals surface area contributed by atoms with Crippen LogP contribution >= 0.6 is 11.8 Å². The molecular formula is C14H16N4O3S2. The van der Waals surface area contributed by atoms with Crippen LogP contribution in [-0.4, -0.2) is 29.5 Å². The van der Waals surface area contributed by atoms with Crippen LogP contribution in [0, 0.1) is 6.92 Å². The van der Waals surface area contributed by atoms with Gasteiger partial charge in [-0.25, -0.2) is 23.5 Å². The minimum absolute atomic E-state index is 0.00520. The highest BCUT2D eigenvalue weighted by Gasteiger charge is 2.16. The summed E-state index contributed by atoms with van der Waals surface area (Å²) in [6.45, 7) is 3.61. The average molecular weight is 352 g/mol. The number of nitrogens with two attached hydrogens (primary N) is 1. The molecule has 1 atom stereocenters. The second kappa shape index (κ2) is 7.07. The van der Waals surface area contributed by atoms with Crippen molar-refractivity contribution in [1.29, 1.82) is 0 Å². The van der Waals surface area contributed by atoms with Gasteiger partial charge in [0.1, 0.15) is 11.4 Å². The van der Waals surface area contributed by atoms with Crippen LogP contribution in [0.4, 0.5) is 5.69 Å². The summed E-state index contributed by atoms with van der Waals surface area (Å²) in [6, 6.07) is 7.47. The lowest BCUT2D eigenvalue weighted by atomic mass is 10.3. The molecule has 2 rings (SSSR count). The van der Waals surface area contributed by atoms with E-state index < -0.39 is 10.0 Å². The van der Waals surface area contributed by atoms with E-state index >= 15 is 0 Å². The minimum atomic E-state index is -3.74. The molecule has 0 fully saturated rings. The first-order valence-electron chi connectivity index (χ1n) is 6.65. The summed E-state index contributed by atoms with van der Waals surface area (Å²) in [5, 5.41) is 8.08. The Morgan fingerprint density at radius 1 is 1.26 bits per heavy atom. The molecule has 0 spiro atoms. The zero-order chi connectivity index (χ0) is 17.0. The van der Waals surface area contributed by atoms with Crippen molar-refractivity contribution in [3.8, 4) is 0 Å². The molecule has 2 aromatic rings. The van der Waals surface area contributed by atoms with Gasteiger partial charge in [0.25, 0.3) is 0 Å². The topological polar surface area (TPSA) is 115 Å². The van der Waals surface area contributed by atoms with Gasteiger partial charge in [0.05, 0.1) is 10.1 Å². The van der Waals surface area contributed by atoms with Crippen LogP contribution in [0.15, 0.2) is 46.6 Å². The number of carbonyl (C=O) groups is 1. The third-order valence-electron chi connectivity index (χ3n) is 2.90. The molecule has 3 N–H and O–H groups in total. The number of amides is 1. The molecule has 0 aliphatic heterocycles. The Morgan fingerprint density at radius 2 is 1.91 bits per heavy atom. The Hall–Kier alpha value is -1.97. The van der Waals surface area contributed by atoms with E-state index in [9.17, 15) is 13.2 Å². The molecule has 0 aliphatic carbocycles. The Kier molecular flexibility index (Phi) is 5.34. The zero-order valence-corrected chi connectivity index (χ0v) is 14.2. The van der Waals surface area contributed by atoms with Crippen molar-refractivity contribution in [1.82, 2.24) is 9.97 Å². The average Bonchev–Trinajstić information content (AvgIpc) is 2.46. The van der Waals surface area contributed by atoms with Gasteiger partial charge < -0.3 is 5.32 Å². The normalized spacial score (nSPS) is 12.7. The van der Waals surface area contributed by atoms with Gasteiger partial charge in [0, 0.05) is 11.4 Å². The van der Waals surface area contributed by atoms with Gasteiger partial charge in [0.2, 0.25) is 15.9 Å². The summed E-state index contributed by atoms with van der Waals surface area (Å²) < 4.78 is 22.4. The Morgan fingerprint density at radius 3 is 2.48 bits per heavy atom. The summed E-state index contributed by atoms with van der Waals surface area (Å²) in [6.07, 6.45) is 1.45. The maximum absolute atomic E-state index is 12.2. The van der Waals surface area contributed by atoms with Gasteiger partial charge in [-0.05, 0) is 44.2 Å². The lowest BCUT2D eigenvalue weighted by Crippen LogP contribution is -2.22. The molecule has 23 heavy (non-hydrogen) atoms. The van der Waals surface area contributed by atoms with E-state index in [0.717, 1.165) is 5.69 Å². The summed E-state index contributed by atoms with van der Waals surface area (Å²) in [7, 11) is -3.74. The quantitative estimate of drug-likeness (QED) is 0.623. The number of hydrogen-bond acceptors (Lipinski definition) is 6. The molecule has 0 radical (unpaired) electrons. The first-order chi connectivity index (χ1) is 10.8. The van der Waals surface area contributed by atoms with Crippen LogP contribution in [-0.2, 0) is 14.8 Å². The van der Waals surface area contributed by atoms with Crippen LogP contribution in [0.3, 0.4) is 0 Å². The van der Waals surface area contributed by atoms with Gasteiger partial charge in [-0.1, -0.05) is 11.8 Å². The molecule has 0 saturated heterocycles. The predicted molar refractivity (Wildman–Crippen MR) is 88.5 cm³/mol. The van der Waals surface area contributed by atoms with Crippen molar-refractivity contribution in [2.75, 3.05) is 5.32 Å². The SMILES string of the molecule is Cc1cc(SC(C)C(=O)Nc2ccc(S(N)(=O)=O)cc2)ncn1. The standard InChI is InChI=1S/C14H16N4O3S2/c1-9-7-13(17-8-16-9)22-10(2)14(19)18-11-3-5-12(6-4-11)23(15,20)21/h3-8,10H,1-2H3,(H,18,19)(H2,15,20,21). The Balaban J connectivity index is 2.01. The van der Waals surface area contributed by atoms with E-state index in [0.29, 0.717) is 10.7 Å². The molecule has 122 valence electrons. The number of hydrogen-bond donors (Lipinski definition) is 2. The highest BCUT2D eigenvalue weighted by Crippen LogP contribution is 2.22. The molecular weight excluding hydrogens is 336 g/mol. The zero-order valence-electron chi connectivity index (χ0n) is 12.6. The smallest absolute Gasteiger partial charge is 0.238 e. The second-order valence-electron chi connectivity index (χ2n) is 4.82. The lowest BCUT2D eigenvalue weighted by molar-refractivity contribution is -0.115. The van der Waals surface area contributed by atoms with Crippen molar-refractivity contribution in [2.24, 2.45) is 5.14 Å². The number of sulfonamides is 1. The molecule has 1 aromatic carbocycles. The number of nitrogens with zero attached hydrogens (tertiary/aromatic N) is 2. The number of anilines is 1. The highest BCUT2D eigenvalue weighted by molar-refractivity contribution is 8.00. The highest BCUT2D eigenvalue weighted by atomic mass is 32.2. The summed E-state index contributed by atoms with van der Waals surface area (Å²) in [5.74, 6) is -0.213.